The van der Waals surface area contributed by atoms with Gasteiger partial charge in [0.15, 0.2) is 6.10 Å². The third kappa shape index (κ3) is 62.9. The van der Waals surface area contributed by atoms with E-state index < -0.39 is 6.10 Å². The predicted molar refractivity (Wildman–Crippen MR) is 339 cm³/mol. The Morgan fingerprint density at radius 3 is 0.808 bits per heavy atom. The number of esters is 3. The molecule has 1 unspecified atom stereocenters. The fraction of sp³-hybridized carbons (Fsp3) is 0.708. The molecule has 0 bridgehead atoms. The quantitative estimate of drug-likeness (QED) is 0.0261. The van der Waals surface area contributed by atoms with Crippen LogP contribution in [0.15, 0.2) is 109 Å². The Morgan fingerprint density at radius 2 is 0.500 bits per heavy atom. The van der Waals surface area contributed by atoms with Crippen LogP contribution in [-0.4, -0.2) is 37.2 Å². The molecule has 0 saturated carbocycles. The Bertz CT molecular complexity index is 1570. The highest BCUT2D eigenvalue weighted by atomic mass is 16.6. The van der Waals surface area contributed by atoms with Crippen molar-refractivity contribution in [3.63, 3.8) is 0 Å². The number of hydrogen-bond acceptors (Lipinski definition) is 6. The molecule has 0 fully saturated rings. The summed E-state index contributed by atoms with van der Waals surface area (Å²) >= 11 is 0. The van der Waals surface area contributed by atoms with Crippen molar-refractivity contribution in [1.29, 1.82) is 0 Å². The summed E-state index contributed by atoms with van der Waals surface area (Å²) in [5.74, 6) is -0.904. The van der Waals surface area contributed by atoms with Gasteiger partial charge < -0.3 is 14.2 Å². The van der Waals surface area contributed by atoms with Crippen LogP contribution in [0.3, 0.4) is 0 Å². The molecule has 6 nitrogen and oxygen atoms in total. The van der Waals surface area contributed by atoms with Crippen LogP contribution in [0.5, 0.6) is 0 Å². The first-order valence-electron chi connectivity index (χ1n) is 32.9. The second-order valence-corrected chi connectivity index (χ2v) is 21.6. The highest BCUT2D eigenvalue weighted by Crippen LogP contribution is 2.16. The number of allylic oxidation sites excluding steroid dienone is 18. The molecular weight excluding hydrogens is 961 g/mol. The summed E-state index contributed by atoms with van der Waals surface area (Å²) in [5, 5.41) is 0. The van der Waals surface area contributed by atoms with Crippen molar-refractivity contribution in [2.75, 3.05) is 13.2 Å². The second-order valence-electron chi connectivity index (χ2n) is 21.6. The summed E-state index contributed by atoms with van der Waals surface area (Å²) in [6.45, 7) is 6.51. The summed E-state index contributed by atoms with van der Waals surface area (Å²) in [4.78, 5) is 38.4. The molecule has 0 heterocycles. The van der Waals surface area contributed by atoms with E-state index in [0.717, 1.165) is 135 Å². The van der Waals surface area contributed by atoms with Gasteiger partial charge in [-0.25, -0.2) is 0 Å². The van der Waals surface area contributed by atoms with E-state index in [4.69, 9.17) is 14.2 Å². The molecule has 0 radical (unpaired) electrons. The summed E-state index contributed by atoms with van der Waals surface area (Å²) in [6.07, 6.45) is 89.4. The SMILES string of the molecule is CC/C=C\C/C=C\C/C=C\C/C=C\C/C=C\C/C=C\CCCCCCCCC(=O)OCC(COC(=O)CCCCCCCCCCCCCCCCCC)OC(=O)CCCCCCCC/C=C\C/C=C\C/C=C\CCCCC. The van der Waals surface area contributed by atoms with Crippen LogP contribution in [0.2, 0.25) is 0 Å². The molecule has 1 atom stereocenters. The van der Waals surface area contributed by atoms with E-state index in [1.807, 2.05) is 0 Å². The van der Waals surface area contributed by atoms with Gasteiger partial charge in [0, 0.05) is 19.3 Å². The van der Waals surface area contributed by atoms with Gasteiger partial charge in [-0.1, -0.05) is 291 Å². The number of unbranched alkanes of at least 4 members (excludes halogenated alkanes) is 30. The fourth-order valence-electron chi connectivity index (χ4n) is 9.10. The van der Waals surface area contributed by atoms with E-state index >= 15 is 0 Å². The van der Waals surface area contributed by atoms with Gasteiger partial charge in [-0.3, -0.25) is 14.4 Å². The van der Waals surface area contributed by atoms with Gasteiger partial charge in [-0.15, -0.1) is 0 Å². The maximum absolute atomic E-state index is 12.9. The topological polar surface area (TPSA) is 78.9 Å². The van der Waals surface area contributed by atoms with E-state index in [1.54, 1.807) is 0 Å². The maximum Gasteiger partial charge on any atom is 0.306 e. The molecular formula is C72H122O6. The number of rotatable bonds is 59. The summed E-state index contributed by atoms with van der Waals surface area (Å²) in [7, 11) is 0. The molecule has 0 aromatic heterocycles. The first-order chi connectivity index (χ1) is 38.5. The molecule has 0 rings (SSSR count). The van der Waals surface area contributed by atoms with Crippen LogP contribution in [-0.2, 0) is 28.6 Å². The van der Waals surface area contributed by atoms with Crippen LogP contribution in [0.4, 0.5) is 0 Å². The van der Waals surface area contributed by atoms with Gasteiger partial charge in [-0.2, -0.15) is 0 Å². The van der Waals surface area contributed by atoms with Crippen molar-refractivity contribution in [3.8, 4) is 0 Å². The number of carbonyl (C=O) groups excluding carboxylic acids is 3. The molecule has 0 aromatic carbocycles. The summed E-state index contributed by atoms with van der Waals surface area (Å²) in [6, 6.07) is 0. The van der Waals surface area contributed by atoms with E-state index in [9.17, 15) is 14.4 Å². The minimum absolute atomic E-state index is 0.0868. The molecule has 0 aromatic rings. The Balaban J connectivity index is 4.42. The average Bonchev–Trinajstić information content (AvgIpc) is 3.44. The molecule has 0 aliphatic heterocycles. The van der Waals surface area contributed by atoms with E-state index in [0.29, 0.717) is 19.3 Å². The normalized spacial score (nSPS) is 12.8. The molecule has 78 heavy (non-hydrogen) atoms. The lowest BCUT2D eigenvalue weighted by Gasteiger charge is -2.18. The Labute approximate surface area is 482 Å². The minimum atomic E-state index is -0.793. The Kier molecular flexibility index (Phi) is 62.3. The van der Waals surface area contributed by atoms with Crippen molar-refractivity contribution in [2.24, 2.45) is 0 Å². The molecule has 0 spiro atoms. The van der Waals surface area contributed by atoms with Gasteiger partial charge >= 0.3 is 17.9 Å². The molecule has 6 heteroatoms. The van der Waals surface area contributed by atoms with Crippen LogP contribution in [0.1, 0.15) is 310 Å². The number of hydrogen-bond donors (Lipinski definition) is 0. The predicted octanol–water partition coefficient (Wildman–Crippen LogP) is 22.6. The first kappa shape index (κ1) is 74.1. The Morgan fingerprint density at radius 1 is 0.269 bits per heavy atom. The van der Waals surface area contributed by atoms with Crippen molar-refractivity contribution >= 4 is 17.9 Å². The Hall–Kier alpha value is -3.93. The van der Waals surface area contributed by atoms with E-state index in [2.05, 4.69) is 130 Å². The lowest BCUT2D eigenvalue weighted by Crippen LogP contribution is -2.30. The van der Waals surface area contributed by atoms with Crippen molar-refractivity contribution in [1.82, 2.24) is 0 Å². The van der Waals surface area contributed by atoms with Crippen LogP contribution < -0.4 is 0 Å². The highest BCUT2D eigenvalue weighted by molar-refractivity contribution is 5.71. The second kappa shape index (κ2) is 65.6. The van der Waals surface area contributed by atoms with Crippen molar-refractivity contribution in [3.05, 3.63) is 109 Å². The largest absolute Gasteiger partial charge is 0.462 e. The van der Waals surface area contributed by atoms with Crippen molar-refractivity contribution in [2.45, 2.75) is 316 Å². The van der Waals surface area contributed by atoms with E-state index in [1.165, 1.54) is 135 Å². The van der Waals surface area contributed by atoms with Crippen LogP contribution in [0, 0.1) is 0 Å². The van der Waals surface area contributed by atoms with Crippen LogP contribution >= 0.6 is 0 Å². The molecule has 0 N–H and O–H groups in total. The monoisotopic (exact) mass is 1080 g/mol. The zero-order chi connectivity index (χ0) is 56.4. The molecule has 0 aliphatic rings. The lowest BCUT2D eigenvalue weighted by atomic mass is 10.0. The first-order valence-corrected chi connectivity index (χ1v) is 32.9. The van der Waals surface area contributed by atoms with Gasteiger partial charge in [0.05, 0.1) is 0 Å². The molecule has 0 amide bonds. The number of ether oxygens (including phenoxy) is 3. The molecule has 0 aliphatic carbocycles. The zero-order valence-corrected chi connectivity index (χ0v) is 51.2. The fourth-order valence-corrected chi connectivity index (χ4v) is 9.10. The maximum atomic E-state index is 12.9. The third-order valence-corrected chi connectivity index (χ3v) is 14.0. The molecule has 0 saturated heterocycles. The van der Waals surface area contributed by atoms with Crippen molar-refractivity contribution < 1.29 is 28.6 Å². The minimum Gasteiger partial charge on any atom is -0.462 e. The summed E-state index contributed by atoms with van der Waals surface area (Å²) < 4.78 is 16.9. The van der Waals surface area contributed by atoms with Gasteiger partial charge in [0.1, 0.15) is 13.2 Å². The smallest absolute Gasteiger partial charge is 0.306 e. The van der Waals surface area contributed by atoms with Gasteiger partial charge in [0.25, 0.3) is 0 Å². The van der Waals surface area contributed by atoms with Gasteiger partial charge in [0.2, 0.25) is 0 Å². The standard InChI is InChI=1S/C72H122O6/c1-4-7-10-13-16-19-22-25-28-31-33-34-35-36-37-38-40-41-44-47-50-53-56-59-62-65-71(74)77-68-69(67-76-70(73)64-61-58-55-52-49-46-43-30-27-24-21-18-15-12-9-6-3)78-72(75)66-63-60-57-54-51-48-45-42-39-32-29-26-23-20-17-14-11-8-5-2/h7,10,16-17,19-20,25-26,28-29,33-34,36-37,39-42,69H,4-6,8-9,11-15,18,21-24,27,30-32,35,38,43-68H2,1-3H3/b10-7-,19-16-,20-17-,28-25-,29-26-,34-33-,37-36-,41-40-,42-39-. The summed E-state index contributed by atoms with van der Waals surface area (Å²) in [5.41, 5.74) is 0. The third-order valence-electron chi connectivity index (χ3n) is 14.0. The molecule has 446 valence electrons. The zero-order valence-electron chi connectivity index (χ0n) is 51.2. The average molecular weight is 1080 g/mol. The van der Waals surface area contributed by atoms with Gasteiger partial charge in [-0.05, 0) is 109 Å². The highest BCUT2D eigenvalue weighted by Gasteiger charge is 2.19. The number of carbonyl (C=O) groups is 3. The van der Waals surface area contributed by atoms with E-state index in [-0.39, 0.29) is 31.1 Å². The lowest BCUT2D eigenvalue weighted by molar-refractivity contribution is -0.167. The van der Waals surface area contributed by atoms with Crippen LogP contribution in [0.25, 0.3) is 0 Å².